The van der Waals surface area contributed by atoms with Crippen LogP contribution in [0, 0.1) is 5.82 Å². The largest absolute Gasteiger partial charge is 0.454 e. The molecule has 2 atom stereocenters. The minimum absolute atomic E-state index is 0.0636. The first-order valence-electron chi connectivity index (χ1n) is 12.9. The lowest BCUT2D eigenvalue weighted by Gasteiger charge is -2.21. The normalized spacial score (nSPS) is 18.4. The minimum atomic E-state index is -0.353. The zero-order valence-electron chi connectivity index (χ0n) is 21.5. The minimum Gasteiger partial charge on any atom is -0.454 e. The number of urea groups is 1. The third-order valence-electron chi connectivity index (χ3n) is 7.20. The highest BCUT2D eigenvalue weighted by molar-refractivity contribution is 5.98. The van der Waals surface area contributed by atoms with Crippen molar-refractivity contribution < 1.29 is 23.4 Å². The van der Waals surface area contributed by atoms with Gasteiger partial charge in [0.1, 0.15) is 5.82 Å². The Morgan fingerprint density at radius 1 is 1.05 bits per heavy atom. The van der Waals surface area contributed by atoms with Crippen molar-refractivity contribution in [2.45, 2.75) is 12.0 Å². The number of carbonyl (C=O) groups is 1. The highest BCUT2D eigenvalue weighted by atomic mass is 19.1. The second-order valence-electron chi connectivity index (χ2n) is 9.77. The number of carbonyl (C=O) groups excluding carboxylic acids is 1. The molecule has 3 aromatic carbocycles. The van der Waals surface area contributed by atoms with E-state index in [1.807, 2.05) is 54.6 Å². The Hall–Kier alpha value is -4.21. The Morgan fingerprint density at radius 3 is 2.67 bits per heavy atom. The maximum Gasteiger partial charge on any atom is 0.319 e. The molecule has 200 valence electrons. The number of pyridine rings is 1. The number of hydrogen-bond acceptors (Lipinski definition) is 6. The second kappa shape index (κ2) is 10.9. The van der Waals surface area contributed by atoms with Gasteiger partial charge in [-0.3, -0.25) is 4.90 Å². The molecule has 3 heterocycles. The van der Waals surface area contributed by atoms with Crippen molar-refractivity contribution in [2.75, 3.05) is 45.5 Å². The van der Waals surface area contributed by atoms with Crippen molar-refractivity contribution in [2.24, 2.45) is 0 Å². The average molecular weight is 529 g/mol. The molecule has 1 aromatic heterocycles. The average Bonchev–Trinajstić information content (AvgIpc) is 3.57. The number of amides is 2. The van der Waals surface area contributed by atoms with Crippen LogP contribution in [0.3, 0.4) is 0 Å². The molecule has 0 unspecified atom stereocenters. The summed E-state index contributed by atoms with van der Waals surface area (Å²) < 4.78 is 30.4. The van der Waals surface area contributed by atoms with Gasteiger partial charge in [0.2, 0.25) is 6.79 Å². The number of hydrogen-bond donors (Lipinski definition) is 2. The summed E-state index contributed by atoms with van der Waals surface area (Å²) in [6, 6.07) is 21.3. The molecule has 0 bridgehead atoms. The summed E-state index contributed by atoms with van der Waals surface area (Å²) in [6.45, 7) is 2.79. The number of anilines is 1. The summed E-state index contributed by atoms with van der Waals surface area (Å²) in [4.78, 5) is 20.5. The van der Waals surface area contributed by atoms with E-state index in [1.54, 1.807) is 19.2 Å². The van der Waals surface area contributed by atoms with Crippen molar-refractivity contribution >= 4 is 22.6 Å². The summed E-state index contributed by atoms with van der Waals surface area (Å²) in [6.07, 6.45) is 0. The maximum absolute atomic E-state index is 14.1. The molecular formula is C30H29FN4O4. The van der Waals surface area contributed by atoms with Gasteiger partial charge in [-0.25, -0.2) is 14.2 Å². The first kappa shape index (κ1) is 25.1. The van der Waals surface area contributed by atoms with Crippen molar-refractivity contribution in [1.82, 2.24) is 15.2 Å². The number of rotatable bonds is 7. The molecule has 0 radical (unpaired) electrons. The lowest BCUT2D eigenvalue weighted by molar-refractivity contribution is 0.159. The number of halogens is 1. The summed E-state index contributed by atoms with van der Waals surface area (Å²) >= 11 is 0. The Balaban J connectivity index is 1.29. The Labute approximate surface area is 225 Å². The van der Waals surface area contributed by atoms with E-state index in [9.17, 15) is 9.18 Å². The van der Waals surface area contributed by atoms with E-state index in [-0.39, 0.29) is 30.6 Å². The van der Waals surface area contributed by atoms with E-state index in [2.05, 4.69) is 15.5 Å². The fourth-order valence-electron chi connectivity index (χ4n) is 5.31. The second-order valence-corrected chi connectivity index (χ2v) is 9.77. The third kappa shape index (κ3) is 5.36. The zero-order chi connectivity index (χ0) is 26.8. The van der Waals surface area contributed by atoms with Crippen LogP contribution in [-0.2, 0) is 4.74 Å². The van der Waals surface area contributed by atoms with Gasteiger partial charge < -0.3 is 24.8 Å². The lowest BCUT2D eigenvalue weighted by atomic mass is 9.94. The van der Waals surface area contributed by atoms with Crippen LogP contribution in [0.4, 0.5) is 14.9 Å². The molecule has 4 aromatic rings. The zero-order valence-corrected chi connectivity index (χ0v) is 21.5. The molecule has 6 rings (SSSR count). The van der Waals surface area contributed by atoms with Gasteiger partial charge in [-0.05, 0) is 29.8 Å². The topological polar surface area (TPSA) is 85.0 Å². The van der Waals surface area contributed by atoms with E-state index < -0.39 is 0 Å². The third-order valence-corrected chi connectivity index (χ3v) is 7.20. The lowest BCUT2D eigenvalue weighted by Crippen LogP contribution is -2.42. The van der Waals surface area contributed by atoms with Crippen LogP contribution in [0.2, 0.25) is 0 Å². The molecule has 2 aliphatic rings. The predicted molar refractivity (Wildman–Crippen MR) is 147 cm³/mol. The van der Waals surface area contributed by atoms with Gasteiger partial charge in [0.15, 0.2) is 11.5 Å². The van der Waals surface area contributed by atoms with E-state index in [4.69, 9.17) is 19.2 Å². The van der Waals surface area contributed by atoms with E-state index in [0.717, 1.165) is 28.6 Å². The molecule has 2 aliphatic heterocycles. The first-order chi connectivity index (χ1) is 19.1. The van der Waals surface area contributed by atoms with Gasteiger partial charge in [-0.15, -0.1) is 0 Å². The molecule has 0 spiro atoms. The standard InChI is InChI=1S/C30H29FN4O4/c1-37-11-10-35-16-23(20-8-5-9-22(31)12-20)26(17-35)34-30(36)33-25-13-21-14-27-28(39-18-38-27)15-24(21)32-29(25)19-6-3-2-4-7-19/h2-9,12-15,23,26H,10-11,16-18H2,1H3,(H2,33,34,36)/t23-,26+/m0/s1. The number of benzene rings is 3. The Morgan fingerprint density at radius 2 is 1.87 bits per heavy atom. The van der Waals surface area contributed by atoms with Crippen molar-refractivity contribution in [3.63, 3.8) is 0 Å². The van der Waals surface area contributed by atoms with Gasteiger partial charge in [0, 0.05) is 49.7 Å². The van der Waals surface area contributed by atoms with Crippen LogP contribution in [0.5, 0.6) is 11.5 Å². The summed E-state index contributed by atoms with van der Waals surface area (Å²) in [5.74, 6) is 0.940. The Kier molecular flexibility index (Phi) is 7.00. The highest BCUT2D eigenvalue weighted by Gasteiger charge is 2.35. The molecule has 2 N–H and O–H groups in total. The molecule has 9 heteroatoms. The molecule has 8 nitrogen and oxygen atoms in total. The highest BCUT2D eigenvalue weighted by Crippen LogP contribution is 2.38. The van der Waals surface area contributed by atoms with Crippen molar-refractivity contribution in [1.29, 1.82) is 0 Å². The van der Waals surface area contributed by atoms with E-state index in [0.29, 0.717) is 42.6 Å². The van der Waals surface area contributed by atoms with Gasteiger partial charge >= 0.3 is 6.03 Å². The maximum atomic E-state index is 14.1. The molecule has 1 fully saturated rings. The van der Waals surface area contributed by atoms with E-state index in [1.165, 1.54) is 6.07 Å². The fourth-order valence-corrected chi connectivity index (χ4v) is 5.31. The SMILES string of the molecule is COCCN1C[C@@H](NC(=O)Nc2cc3cc4c(cc3nc2-c2ccccc2)OCO4)[C@H](c2cccc(F)c2)C1. The van der Waals surface area contributed by atoms with Crippen LogP contribution in [-0.4, -0.2) is 62.1 Å². The number of methoxy groups -OCH3 is 1. The number of aromatic nitrogens is 1. The number of nitrogens with zero attached hydrogens (tertiary/aromatic N) is 2. The smallest absolute Gasteiger partial charge is 0.319 e. The van der Waals surface area contributed by atoms with Crippen LogP contribution < -0.4 is 20.1 Å². The van der Waals surface area contributed by atoms with Crippen LogP contribution in [0.1, 0.15) is 11.5 Å². The van der Waals surface area contributed by atoms with Gasteiger partial charge in [0.05, 0.1) is 29.5 Å². The van der Waals surface area contributed by atoms with Crippen molar-refractivity contribution in [3.8, 4) is 22.8 Å². The molecule has 1 saturated heterocycles. The quantitative estimate of drug-likeness (QED) is 0.351. The van der Waals surface area contributed by atoms with E-state index >= 15 is 0 Å². The number of nitrogens with one attached hydrogen (secondary N) is 2. The fraction of sp³-hybridized carbons (Fsp3) is 0.267. The molecule has 0 saturated carbocycles. The Bertz CT molecular complexity index is 1500. The molecular weight excluding hydrogens is 499 g/mol. The van der Waals surface area contributed by atoms with Gasteiger partial charge in [0.25, 0.3) is 0 Å². The monoisotopic (exact) mass is 528 g/mol. The number of fused-ring (bicyclic) bond motifs is 2. The van der Waals surface area contributed by atoms with Gasteiger partial charge in [-0.1, -0.05) is 42.5 Å². The van der Waals surface area contributed by atoms with Crippen LogP contribution >= 0.6 is 0 Å². The summed E-state index contributed by atoms with van der Waals surface area (Å²) in [5.41, 5.74) is 3.68. The van der Waals surface area contributed by atoms with Crippen LogP contribution in [0.15, 0.2) is 72.8 Å². The molecule has 2 amide bonds. The molecule has 39 heavy (non-hydrogen) atoms. The van der Waals surface area contributed by atoms with Crippen LogP contribution in [0.25, 0.3) is 22.2 Å². The van der Waals surface area contributed by atoms with Crippen molar-refractivity contribution in [3.05, 3.63) is 84.2 Å². The first-order valence-corrected chi connectivity index (χ1v) is 12.9. The number of ether oxygens (including phenoxy) is 3. The summed E-state index contributed by atoms with van der Waals surface area (Å²) in [5, 5.41) is 7.00. The molecule has 0 aliphatic carbocycles. The predicted octanol–water partition coefficient (Wildman–Crippen LogP) is 5.01. The summed E-state index contributed by atoms with van der Waals surface area (Å²) in [7, 11) is 1.67. The van der Waals surface area contributed by atoms with Gasteiger partial charge in [-0.2, -0.15) is 0 Å². The number of likely N-dealkylation sites (tertiary alicyclic amines) is 1.